The van der Waals surface area contributed by atoms with Gasteiger partial charge in [0.05, 0.1) is 13.1 Å². The molecular formula is C21H25N5+2. The summed E-state index contributed by atoms with van der Waals surface area (Å²) in [7, 11) is 0. The van der Waals surface area contributed by atoms with Gasteiger partial charge in [0.2, 0.25) is 12.7 Å². The van der Waals surface area contributed by atoms with E-state index in [1.54, 1.807) is 0 Å². The van der Waals surface area contributed by atoms with Gasteiger partial charge in [0.15, 0.2) is 22.1 Å². The third-order valence-electron chi connectivity index (χ3n) is 5.42. The average Bonchev–Trinajstić information content (AvgIpc) is 3.21. The summed E-state index contributed by atoms with van der Waals surface area (Å²) in [6, 6.07) is 17.5. The van der Waals surface area contributed by atoms with Crippen LogP contribution in [0, 0.1) is 0 Å². The highest BCUT2D eigenvalue weighted by atomic mass is 15.2. The van der Waals surface area contributed by atoms with Gasteiger partial charge in [-0.3, -0.25) is 0 Å². The standard InChI is InChI=1S/C21H25N5/c1-3-8-20-18(6-1)23-12-5-13-24-17-26(21-9-4-2-7-19(21)24)15-11-22-10-14-25(20)16-23/h1-4,6-9,16-17,22H,5,10-15H2/q+2. The number of benzene rings is 2. The van der Waals surface area contributed by atoms with Gasteiger partial charge < -0.3 is 5.32 Å². The smallest absolute Gasteiger partial charge is 0.244 e. The molecule has 3 heterocycles. The number of para-hydroxylation sites is 4. The van der Waals surface area contributed by atoms with Gasteiger partial charge in [-0.25, -0.2) is 18.3 Å². The largest absolute Gasteiger partial charge is 0.309 e. The summed E-state index contributed by atoms with van der Waals surface area (Å²) in [5.74, 6) is 0. The Hall–Kier alpha value is -2.66. The maximum absolute atomic E-state index is 3.61. The first kappa shape index (κ1) is 15.6. The summed E-state index contributed by atoms with van der Waals surface area (Å²) in [4.78, 5) is 0. The Morgan fingerprint density at radius 3 is 1.73 bits per heavy atom. The van der Waals surface area contributed by atoms with Crippen LogP contribution in [-0.4, -0.2) is 22.2 Å². The highest BCUT2D eigenvalue weighted by Crippen LogP contribution is 2.12. The third kappa shape index (κ3) is 2.69. The maximum atomic E-state index is 3.61. The van der Waals surface area contributed by atoms with Crippen molar-refractivity contribution in [2.24, 2.45) is 0 Å². The van der Waals surface area contributed by atoms with Gasteiger partial charge in [-0.1, -0.05) is 24.3 Å². The molecule has 5 heteroatoms. The number of rotatable bonds is 0. The van der Waals surface area contributed by atoms with Crippen molar-refractivity contribution in [1.29, 1.82) is 0 Å². The highest BCUT2D eigenvalue weighted by Gasteiger charge is 2.18. The van der Waals surface area contributed by atoms with Crippen molar-refractivity contribution >= 4 is 22.1 Å². The molecule has 0 spiro atoms. The number of fused-ring (bicyclic) bond motifs is 10. The van der Waals surface area contributed by atoms with Crippen LogP contribution in [0.15, 0.2) is 61.2 Å². The molecule has 4 bridgehead atoms. The highest BCUT2D eigenvalue weighted by molar-refractivity contribution is 5.72. The van der Waals surface area contributed by atoms with E-state index in [0.717, 1.165) is 45.7 Å². The van der Waals surface area contributed by atoms with E-state index in [4.69, 9.17) is 0 Å². The van der Waals surface area contributed by atoms with Crippen LogP contribution in [0.5, 0.6) is 0 Å². The van der Waals surface area contributed by atoms with Crippen molar-refractivity contribution < 1.29 is 9.13 Å². The van der Waals surface area contributed by atoms with Crippen molar-refractivity contribution in [3.8, 4) is 0 Å². The Bertz CT molecular complexity index is 975. The average molecular weight is 347 g/mol. The van der Waals surface area contributed by atoms with Crippen molar-refractivity contribution in [2.45, 2.75) is 32.6 Å². The van der Waals surface area contributed by atoms with E-state index in [9.17, 15) is 0 Å². The Kier molecular flexibility index (Phi) is 3.94. The molecule has 0 amide bonds. The number of nitrogens with zero attached hydrogens (tertiary/aromatic N) is 4. The monoisotopic (exact) mass is 347 g/mol. The molecule has 1 N–H and O–H groups in total. The van der Waals surface area contributed by atoms with Crippen LogP contribution in [0.3, 0.4) is 0 Å². The summed E-state index contributed by atoms with van der Waals surface area (Å²) in [5, 5.41) is 3.61. The molecule has 0 atom stereocenters. The van der Waals surface area contributed by atoms with Gasteiger partial charge in [-0.05, 0) is 24.3 Å². The first-order valence-electron chi connectivity index (χ1n) is 9.55. The predicted molar refractivity (Wildman–Crippen MR) is 102 cm³/mol. The van der Waals surface area contributed by atoms with E-state index in [2.05, 4.69) is 84.8 Å². The Balaban J connectivity index is 1.51. The van der Waals surface area contributed by atoms with Crippen molar-refractivity contribution in [2.75, 3.05) is 13.1 Å². The fourth-order valence-electron chi connectivity index (χ4n) is 4.13. The minimum Gasteiger partial charge on any atom is -0.309 e. The second-order valence-corrected chi connectivity index (χ2v) is 7.09. The first-order chi connectivity index (χ1) is 12.9. The van der Waals surface area contributed by atoms with Gasteiger partial charge in [0, 0.05) is 19.5 Å². The number of hydrogen-bond acceptors (Lipinski definition) is 1. The lowest BCUT2D eigenvalue weighted by molar-refractivity contribution is -0.703. The van der Waals surface area contributed by atoms with E-state index >= 15 is 0 Å². The van der Waals surface area contributed by atoms with Gasteiger partial charge in [0.25, 0.3) is 0 Å². The summed E-state index contributed by atoms with van der Waals surface area (Å²) in [6.45, 7) is 6.04. The molecule has 5 nitrogen and oxygen atoms in total. The molecule has 2 aromatic heterocycles. The quantitative estimate of drug-likeness (QED) is 0.484. The molecule has 1 aliphatic rings. The van der Waals surface area contributed by atoms with E-state index in [0.29, 0.717) is 0 Å². The molecule has 132 valence electrons. The molecule has 2 aromatic carbocycles. The number of aromatic nitrogens is 4. The summed E-state index contributed by atoms with van der Waals surface area (Å²) in [6.07, 6.45) is 5.69. The van der Waals surface area contributed by atoms with E-state index < -0.39 is 0 Å². The first-order valence-corrected chi connectivity index (χ1v) is 9.55. The summed E-state index contributed by atoms with van der Waals surface area (Å²) in [5.41, 5.74) is 5.31. The molecule has 0 fully saturated rings. The van der Waals surface area contributed by atoms with Crippen LogP contribution in [0.2, 0.25) is 0 Å². The minimum absolute atomic E-state index is 0.984. The summed E-state index contributed by atoms with van der Waals surface area (Å²) >= 11 is 0. The molecule has 26 heavy (non-hydrogen) atoms. The Labute approximate surface area is 153 Å². The normalized spacial score (nSPS) is 16.0. The van der Waals surface area contributed by atoms with Crippen molar-refractivity contribution in [3.63, 3.8) is 0 Å². The zero-order chi connectivity index (χ0) is 17.3. The molecule has 0 saturated heterocycles. The van der Waals surface area contributed by atoms with Gasteiger partial charge in [-0.15, -0.1) is 0 Å². The van der Waals surface area contributed by atoms with Crippen LogP contribution in [0.4, 0.5) is 0 Å². The van der Waals surface area contributed by atoms with Crippen molar-refractivity contribution in [3.05, 3.63) is 61.2 Å². The van der Waals surface area contributed by atoms with E-state index in [1.165, 1.54) is 22.1 Å². The molecule has 4 aromatic rings. The second-order valence-electron chi connectivity index (χ2n) is 7.09. The molecule has 5 rings (SSSR count). The maximum Gasteiger partial charge on any atom is 0.244 e. The number of imidazole rings is 2. The van der Waals surface area contributed by atoms with Crippen LogP contribution < -0.4 is 14.5 Å². The predicted octanol–water partition coefficient (Wildman–Crippen LogP) is 1.86. The van der Waals surface area contributed by atoms with Gasteiger partial charge >= 0.3 is 0 Å². The van der Waals surface area contributed by atoms with Gasteiger partial charge in [0.1, 0.15) is 13.1 Å². The summed E-state index contributed by atoms with van der Waals surface area (Å²) < 4.78 is 9.57. The molecule has 0 saturated carbocycles. The molecule has 0 radical (unpaired) electrons. The fraction of sp³-hybridized carbons (Fsp3) is 0.333. The zero-order valence-corrected chi connectivity index (χ0v) is 15.0. The lowest BCUT2D eigenvalue weighted by Crippen LogP contribution is -2.38. The zero-order valence-electron chi connectivity index (χ0n) is 15.0. The van der Waals surface area contributed by atoms with Gasteiger partial charge in [-0.2, -0.15) is 0 Å². The second kappa shape index (κ2) is 6.57. The SMILES string of the molecule is c1ccc2c(c1)n1c[n+]2CCC[n+]2cn(c3ccccc32)CCNCC1. The molecule has 0 aliphatic carbocycles. The lowest BCUT2D eigenvalue weighted by Gasteiger charge is -2.02. The lowest BCUT2D eigenvalue weighted by atomic mass is 10.3. The number of nitrogens with one attached hydrogen (secondary N) is 1. The molecular weight excluding hydrogens is 322 g/mol. The minimum atomic E-state index is 0.984. The molecule has 1 aliphatic heterocycles. The van der Waals surface area contributed by atoms with Crippen LogP contribution in [-0.2, 0) is 26.2 Å². The van der Waals surface area contributed by atoms with Crippen LogP contribution >= 0.6 is 0 Å². The van der Waals surface area contributed by atoms with E-state index in [1.807, 2.05) is 0 Å². The topological polar surface area (TPSA) is 29.6 Å². The van der Waals surface area contributed by atoms with Crippen molar-refractivity contribution in [1.82, 2.24) is 14.5 Å². The van der Waals surface area contributed by atoms with Crippen LogP contribution in [0.1, 0.15) is 6.42 Å². The fourth-order valence-corrected chi connectivity index (χ4v) is 4.13. The van der Waals surface area contributed by atoms with Crippen LogP contribution in [0.25, 0.3) is 22.1 Å². The van der Waals surface area contributed by atoms with E-state index in [-0.39, 0.29) is 0 Å². The molecule has 0 unspecified atom stereocenters. The number of aryl methyl sites for hydroxylation is 2. The Morgan fingerprint density at radius 1 is 0.692 bits per heavy atom. The number of hydrogen-bond donors (Lipinski definition) is 1. The Morgan fingerprint density at radius 2 is 1.19 bits per heavy atom. The third-order valence-corrected chi connectivity index (χ3v) is 5.42.